The number of hydrogen-bond acceptors (Lipinski definition) is 5. The van der Waals surface area contributed by atoms with Crippen LogP contribution in [0.15, 0.2) is 60.7 Å². The standard InChI is InChI=1S/C29H36N2O5/c1-21-16-29(20-34-19-27(32)30-29)26(31(21)28(33)36-17-22-8-4-2-5-9-22)18-35-25-14-12-24(13-15-25)23-10-6-3-7-11-23/h2-11,21,24-26H,12-20H2,1H3,(H,30,32)/t21-,24?,25?,26+,29-/m1/s1. The van der Waals surface area contributed by atoms with Gasteiger partial charge in [0.15, 0.2) is 0 Å². The topological polar surface area (TPSA) is 77.1 Å². The van der Waals surface area contributed by atoms with Crippen LogP contribution in [0.4, 0.5) is 4.79 Å². The minimum atomic E-state index is -0.665. The van der Waals surface area contributed by atoms with Crippen LogP contribution in [0.3, 0.4) is 0 Å². The van der Waals surface area contributed by atoms with Gasteiger partial charge in [0.2, 0.25) is 5.91 Å². The number of ether oxygens (including phenoxy) is 3. The summed E-state index contributed by atoms with van der Waals surface area (Å²) in [5, 5.41) is 3.15. The molecule has 0 bridgehead atoms. The zero-order valence-electron chi connectivity index (χ0n) is 20.9. The van der Waals surface area contributed by atoms with E-state index < -0.39 is 5.54 Å². The Bertz CT molecular complexity index is 1020. The van der Waals surface area contributed by atoms with Crippen molar-refractivity contribution in [2.75, 3.05) is 19.8 Å². The molecule has 2 aromatic carbocycles. The summed E-state index contributed by atoms with van der Waals surface area (Å²) in [6.07, 6.45) is 4.50. The molecule has 36 heavy (non-hydrogen) atoms. The number of benzene rings is 2. The van der Waals surface area contributed by atoms with Crippen molar-refractivity contribution in [3.63, 3.8) is 0 Å². The van der Waals surface area contributed by atoms with Gasteiger partial charge in [-0.3, -0.25) is 9.69 Å². The number of nitrogens with one attached hydrogen (secondary N) is 1. The van der Waals surface area contributed by atoms with E-state index in [9.17, 15) is 9.59 Å². The summed E-state index contributed by atoms with van der Waals surface area (Å²) < 4.78 is 17.8. The molecule has 2 saturated heterocycles. The summed E-state index contributed by atoms with van der Waals surface area (Å²) >= 11 is 0. The molecule has 5 rings (SSSR count). The lowest BCUT2D eigenvalue weighted by Crippen LogP contribution is -2.65. The molecule has 0 aromatic heterocycles. The van der Waals surface area contributed by atoms with Gasteiger partial charge in [0, 0.05) is 6.04 Å². The summed E-state index contributed by atoms with van der Waals surface area (Å²) in [7, 11) is 0. The number of rotatable bonds is 6. The van der Waals surface area contributed by atoms with Gasteiger partial charge in [0.25, 0.3) is 0 Å². The molecular formula is C29H36N2O5. The van der Waals surface area contributed by atoms with Gasteiger partial charge in [-0.1, -0.05) is 60.7 Å². The third-order valence-corrected chi connectivity index (χ3v) is 7.94. The van der Waals surface area contributed by atoms with Crippen LogP contribution in [0.1, 0.15) is 56.1 Å². The average Bonchev–Trinajstić information content (AvgIpc) is 3.17. The normalized spacial score (nSPS) is 30.2. The maximum absolute atomic E-state index is 13.3. The van der Waals surface area contributed by atoms with E-state index in [1.807, 2.05) is 37.3 Å². The summed E-state index contributed by atoms with van der Waals surface area (Å²) in [4.78, 5) is 27.4. The lowest BCUT2D eigenvalue weighted by molar-refractivity contribution is -0.137. The molecule has 192 valence electrons. The number of amides is 2. The van der Waals surface area contributed by atoms with Gasteiger partial charge in [-0.2, -0.15) is 0 Å². The molecule has 1 spiro atoms. The largest absolute Gasteiger partial charge is 0.445 e. The van der Waals surface area contributed by atoms with Crippen LogP contribution in [0, 0.1) is 0 Å². The SMILES string of the molecule is C[C@@H]1C[C@@]2(COCC(=O)N2)[C@H](COC2CCC(c3ccccc3)CC2)N1C(=O)OCc1ccccc1. The highest BCUT2D eigenvalue weighted by molar-refractivity contribution is 5.79. The molecular weight excluding hydrogens is 456 g/mol. The second-order valence-corrected chi connectivity index (χ2v) is 10.4. The molecule has 2 amide bonds. The van der Waals surface area contributed by atoms with Crippen LogP contribution >= 0.6 is 0 Å². The van der Waals surface area contributed by atoms with E-state index in [2.05, 4.69) is 35.6 Å². The van der Waals surface area contributed by atoms with Crippen molar-refractivity contribution in [1.29, 1.82) is 0 Å². The molecule has 7 nitrogen and oxygen atoms in total. The number of nitrogens with zero attached hydrogens (tertiary/aromatic N) is 1. The number of hydrogen-bond donors (Lipinski definition) is 1. The predicted octanol–water partition coefficient (Wildman–Crippen LogP) is 4.41. The third kappa shape index (κ3) is 5.42. The van der Waals surface area contributed by atoms with Crippen molar-refractivity contribution in [3.8, 4) is 0 Å². The highest BCUT2D eigenvalue weighted by atomic mass is 16.6. The zero-order valence-corrected chi connectivity index (χ0v) is 20.9. The Morgan fingerprint density at radius 2 is 1.75 bits per heavy atom. The van der Waals surface area contributed by atoms with Crippen LogP contribution in [0.5, 0.6) is 0 Å². The number of carbonyl (C=O) groups excluding carboxylic acids is 2. The van der Waals surface area contributed by atoms with Crippen molar-refractivity contribution in [2.24, 2.45) is 0 Å². The highest BCUT2D eigenvalue weighted by Gasteiger charge is 2.55. The molecule has 2 aliphatic heterocycles. The maximum atomic E-state index is 13.3. The molecule has 2 heterocycles. The Balaban J connectivity index is 1.25. The van der Waals surface area contributed by atoms with Crippen molar-refractivity contribution in [1.82, 2.24) is 10.2 Å². The first-order valence-electron chi connectivity index (χ1n) is 13.1. The van der Waals surface area contributed by atoms with Gasteiger partial charge in [0.05, 0.1) is 30.9 Å². The lowest BCUT2D eigenvalue weighted by atomic mass is 9.82. The first-order chi connectivity index (χ1) is 17.5. The van der Waals surface area contributed by atoms with Gasteiger partial charge in [-0.25, -0.2) is 4.79 Å². The Kier molecular flexibility index (Phi) is 7.58. The van der Waals surface area contributed by atoms with E-state index in [-0.39, 0.29) is 43.4 Å². The van der Waals surface area contributed by atoms with Gasteiger partial charge < -0.3 is 19.5 Å². The molecule has 1 saturated carbocycles. The molecule has 0 unspecified atom stereocenters. The molecule has 7 heteroatoms. The van der Waals surface area contributed by atoms with E-state index in [1.54, 1.807) is 4.90 Å². The van der Waals surface area contributed by atoms with E-state index >= 15 is 0 Å². The van der Waals surface area contributed by atoms with Gasteiger partial charge in [-0.05, 0) is 56.1 Å². The van der Waals surface area contributed by atoms with E-state index in [0.29, 0.717) is 25.6 Å². The Labute approximate surface area is 213 Å². The monoisotopic (exact) mass is 492 g/mol. The average molecular weight is 493 g/mol. The smallest absolute Gasteiger partial charge is 0.410 e. The second kappa shape index (κ2) is 11.0. The minimum absolute atomic E-state index is 0.0473. The van der Waals surface area contributed by atoms with Crippen molar-refractivity contribution < 1.29 is 23.8 Å². The zero-order chi connectivity index (χ0) is 25.0. The van der Waals surface area contributed by atoms with Crippen LogP contribution in [0.2, 0.25) is 0 Å². The Hall–Kier alpha value is -2.90. The molecule has 0 radical (unpaired) electrons. The summed E-state index contributed by atoms with van der Waals surface area (Å²) in [6, 6.07) is 19.9. The Morgan fingerprint density at radius 3 is 2.44 bits per heavy atom. The van der Waals surface area contributed by atoms with E-state index in [1.165, 1.54) is 5.56 Å². The summed E-state index contributed by atoms with van der Waals surface area (Å²) in [6.45, 7) is 2.95. The van der Waals surface area contributed by atoms with Gasteiger partial charge >= 0.3 is 6.09 Å². The molecule has 3 aliphatic rings. The molecule has 1 aliphatic carbocycles. The first kappa shape index (κ1) is 24.8. The van der Waals surface area contributed by atoms with E-state index in [4.69, 9.17) is 14.2 Å². The maximum Gasteiger partial charge on any atom is 0.410 e. The second-order valence-electron chi connectivity index (χ2n) is 10.4. The fourth-order valence-electron chi connectivity index (χ4n) is 6.16. The molecule has 3 fully saturated rings. The van der Waals surface area contributed by atoms with Crippen LogP contribution in [0.25, 0.3) is 0 Å². The Morgan fingerprint density at radius 1 is 1.06 bits per heavy atom. The van der Waals surface area contributed by atoms with Gasteiger partial charge in [-0.15, -0.1) is 0 Å². The van der Waals surface area contributed by atoms with Crippen molar-refractivity contribution in [2.45, 2.75) is 75.3 Å². The van der Waals surface area contributed by atoms with Crippen LogP contribution in [-0.4, -0.2) is 60.4 Å². The van der Waals surface area contributed by atoms with Crippen LogP contribution < -0.4 is 5.32 Å². The fourth-order valence-corrected chi connectivity index (χ4v) is 6.16. The lowest BCUT2D eigenvalue weighted by Gasteiger charge is -2.41. The number of carbonyl (C=O) groups is 2. The fraction of sp³-hybridized carbons (Fsp3) is 0.517. The van der Waals surface area contributed by atoms with Crippen LogP contribution in [-0.2, 0) is 25.6 Å². The predicted molar refractivity (Wildman–Crippen MR) is 135 cm³/mol. The highest BCUT2D eigenvalue weighted by Crippen LogP contribution is 2.38. The molecule has 1 N–H and O–H groups in total. The summed E-state index contributed by atoms with van der Waals surface area (Å²) in [5.74, 6) is 0.417. The third-order valence-electron chi connectivity index (χ3n) is 7.94. The first-order valence-corrected chi connectivity index (χ1v) is 13.1. The van der Waals surface area contributed by atoms with Crippen molar-refractivity contribution >= 4 is 12.0 Å². The van der Waals surface area contributed by atoms with E-state index in [0.717, 1.165) is 31.2 Å². The van der Waals surface area contributed by atoms with Crippen molar-refractivity contribution in [3.05, 3.63) is 71.8 Å². The number of likely N-dealkylation sites (tertiary alicyclic amines) is 1. The van der Waals surface area contributed by atoms with Gasteiger partial charge in [0.1, 0.15) is 13.2 Å². The molecule has 3 atom stereocenters. The number of morpholine rings is 1. The summed E-state index contributed by atoms with van der Waals surface area (Å²) in [5.41, 5.74) is 1.67. The molecule has 2 aromatic rings. The minimum Gasteiger partial charge on any atom is -0.445 e. The quantitative estimate of drug-likeness (QED) is 0.646.